The second-order valence-corrected chi connectivity index (χ2v) is 6.85. The van der Waals surface area contributed by atoms with Gasteiger partial charge in [0.05, 0.1) is 18.7 Å². The van der Waals surface area contributed by atoms with Gasteiger partial charge < -0.3 is 15.4 Å². The maximum atomic E-state index is 14.4. The number of carbonyl (C=O) groups is 2. The summed E-state index contributed by atoms with van der Waals surface area (Å²) in [4.78, 5) is 24.5. The van der Waals surface area contributed by atoms with Crippen molar-refractivity contribution < 1.29 is 27.5 Å². The number of halogens is 3. The Hall–Kier alpha value is -2.68. The Morgan fingerprint density at radius 3 is 2.56 bits per heavy atom. The zero-order valence-corrected chi connectivity index (χ0v) is 15.0. The van der Waals surface area contributed by atoms with E-state index >= 15 is 0 Å². The number of hydrogen-bond donors (Lipinski definition) is 2. The maximum Gasteiger partial charge on any atom is 0.407 e. The molecule has 0 bridgehead atoms. The molecule has 1 aliphatic rings. The number of fused-ring (bicyclic) bond motifs is 1. The summed E-state index contributed by atoms with van der Waals surface area (Å²) >= 11 is 1.29. The number of rotatable bonds is 3. The smallest absolute Gasteiger partial charge is 0.407 e. The van der Waals surface area contributed by atoms with Gasteiger partial charge in [0.1, 0.15) is 5.82 Å². The minimum atomic E-state index is -1.09. The molecule has 0 aliphatic carbocycles. The number of methoxy groups -OCH3 is 1. The van der Waals surface area contributed by atoms with Gasteiger partial charge in [-0.1, -0.05) is 0 Å². The Labute approximate surface area is 157 Å². The van der Waals surface area contributed by atoms with Crippen molar-refractivity contribution in [2.45, 2.75) is 17.4 Å². The summed E-state index contributed by atoms with van der Waals surface area (Å²) in [5.41, 5.74) is 0.453. The highest BCUT2D eigenvalue weighted by Crippen LogP contribution is 2.40. The summed E-state index contributed by atoms with van der Waals surface area (Å²) in [6.45, 7) is 0. The number of hydrogen-bond acceptors (Lipinski definition) is 4. The van der Waals surface area contributed by atoms with Crippen molar-refractivity contribution in [3.63, 3.8) is 0 Å². The van der Waals surface area contributed by atoms with Crippen molar-refractivity contribution in [3.8, 4) is 0 Å². The van der Waals surface area contributed by atoms with Crippen LogP contribution in [0.2, 0.25) is 0 Å². The Kier molecular flexibility index (Phi) is 5.59. The van der Waals surface area contributed by atoms with Crippen molar-refractivity contribution in [2.24, 2.45) is 0 Å². The highest BCUT2D eigenvalue weighted by atomic mass is 32.2. The molecule has 2 N–H and O–H groups in total. The summed E-state index contributed by atoms with van der Waals surface area (Å²) in [6, 6.07) is 4.80. The summed E-state index contributed by atoms with van der Waals surface area (Å²) in [5, 5.41) is 5.03. The van der Waals surface area contributed by atoms with Gasteiger partial charge in [-0.2, -0.15) is 0 Å². The first-order valence-electron chi connectivity index (χ1n) is 7.96. The van der Waals surface area contributed by atoms with E-state index < -0.39 is 35.5 Å². The average Bonchev–Trinajstić information content (AvgIpc) is 2.65. The van der Waals surface area contributed by atoms with Crippen molar-refractivity contribution >= 4 is 29.4 Å². The molecule has 0 radical (unpaired) electrons. The molecule has 1 aliphatic heterocycles. The zero-order valence-electron chi connectivity index (χ0n) is 14.1. The van der Waals surface area contributed by atoms with E-state index in [-0.39, 0.29) is 16.8 Å². The predicted octanol–water partition coefficient (Wildman–Crippen LogP) is 4.25. The predicted molar refractivity (Wildman–Crippen MR) is 94.3 cm³/mol. The quantitative estimate of drug-likeness (QED) is 0.814. The van der Waals surface area contributed by atoms with Crippen LogP contribution in [0.3, 0.4) is 0 Å². The minimum Gasteiger partial charge on any atom is -0.453 e. The average molecular weight is 396 g/mol. The van der Waals surface area contributed by atoms with Gasteiger partial charge >= 0.3 is 6.09 Å². The van der Waals surface area contributed by atoms with E-state index in [9.17, 15) is 22.8 Å². The monoisotopic (exact) mass is 396 g/mol. The number of ether oxygens (including phenoxy) is 1. The number of thioether (sulfide) groups is 1. The molecule has 0 fully saturated rings. The fourth-order valence-electron chi connectivity index (χ4n) is 2.78. The van der Waals surface area contributed by atoms with Crippen LogP contribution in [-0.4, -0.2) is 24.9 Å². The lowest BCUT2D eigenvalue weighted by molar-refractivity contribution is 0.102. The molecule has 2 aromatic carbocycles. The Morgan fingerprint density at radius 2 is 1.85 bits per heavy atom. The largest absolute Gasteiger partial charge is 0.453 e. The number of nitrogens with one attached hydrogen (secondary N) is 2. The third kappa shape index (κ3) is 4.02. The number of alkyl carbamates (subject to hydrolysis) is 1. The van der Waals surface area contributed by atoms with E-state index in [4.69, 9.17) is 0 Å². The van der Waals surface area contributed by atoms with Crippen molar-refractivity contribution in [1.82, 2.24) is 5.32 Å². The fraction of sp³-hybridized carbons (Fsp3) is 0.222. The SMILES string of the molecule is COC(=O)N[C@@H]1CCSc2c(C(=O)Nc3ccc(F)c(F)c3)ccc(F)c21. The van der Waals surface area contributed by atoms with Crippen LogP contribution in [0.15, 0.2) is 35.2 Å². The Balaban J connectivity index is 1.92. The molecule has 5 nitrogen and oxygen atoms in total. The van der Waals surface area contributed by atoms with E-state index in [0.29, 0.717) is 17.1 Å². The van der Waals surface area contributed by atoms with Crippen LogP contribution < -0.4 is 10.6 Å². The van der Waals surface area contributed by atoms with Gasteiger partial charge in [-0.25, -0.2) is 18.0 Å². The molecule has 1 atom stereocenters. The standard InChI is InChI=1S/C18H15F3N2O3S/c1-26-18(25)23-14-6-7-27-16-10(3-5-12(20)15(14)16)17(24)22-9-2-4-11(19)13(21)8-9/h2-5,8,14H,6-7H2,1H3,(H,22,24)(H,23,25)/t14-/m1/s1. The van der Waals surface area contributed by atoms with Crippen LogP contribution in [0, 0.1) is 17.5 Å². The molecule has 0 saturated heterocycles. The molecule has 27 heavy (non-hydrogen) atoms. The molecule has 0 aromatic heterocycles. The first-order valence-corrected chi connectivity index (χ1v) is 8.95. The molecule has 142 valence electrons. The summed E-state index contributed by atoms with van der Waals surface area (Å²) in [6.07, 6.45) is -0.230. The summed E-state index contributed by atoms with van der Waals surface area (Å²) in [7, 11) is 1.20. The van der Waals surface area contributed by atoms with Gasteiger partial charge in [0.25, 0.3) is 5.91 Å². The molecule has 0 unspecified atom stereocenters. The number of benzene rings is 2. The summed E-state index contributed by atoms with van der Waals surface area (Å²) < 4.78 is 45.3. The number of carbonyl (C=O) groups excluding carboxylic acids is 2. The highest BCUT2D eigenvalue weighted by Gasteiger charge is 2.29. The highest BCUT2D eigenvalue weighted by molar-refractivity contribution is 7.99. The van der Waals surface area contributed by atoms with Crippen molar-refractivity contribution in [3.05, 3.63) is 58.9 Å². The van der Waals surface area contributed by atoms with Gasteiger partial charge in [0.2, 0.25) is 0 Å². The molecule has 3 rings (SSSR count). The molecule has 0 spiro atoms. The van der Waals surface area contributed by atoms with E-state index in [1.54, 1.807) is 0 Å². The molecular weight excluding hydrogens is 381 g/mol. The second-order valence-electron chi connectivity index (χ2n) is 5.75. The Morgan fingerprint density at radius 1 is 1.11 bits per heavy atom. The van der Waals surface area contributed by atoms with E-state index in [1.165, 1.54) is 31.0 Å². The second kappa shape index (κ2) is 7.91. The van der Waals surface area contributed by atoms with Crippen LogP contribution in [0.4, 0.5) is 23.7 Å². The zero-order chi connectivity index (χ0) is 19.6. The van der Waals surface area contributed by atoms with Crippen LogP contribution in [0.5, 0.6) is 0 Å². The molecule has 2 amide bonds. The van der Waals surface area contributed by atoms with Crippen LogP contribution in [0.1, 0.15) is 28.4 Å². The topological polar surface area (TPSA) is 67.4 Å². The molecule has 1 heterocycles. The first-order chi connectivity index (χ1) is 12.9. The normalized spacial score (nSPS) is 15.6. The van der Waals surface area contributed by atoms with Gasteiger partial charge in [-0.15, -0.1) is 11.8 Å². The number of anilines is 1. The Bertz CT molecular complexity index is 908. The van der Waals surface area contributed by atoms with Gasteiger partial charge in [0.15, 0.2) is 11.6 Å². The fourth-order valence-corrected chi connectivity index (χ4v) is 4.04. The molecule has 2 aromatic rings. The minimum absolute atomic E-state index is 0.0713. The van der Waals surface area contributed by atoms with Crippen LogP contribution in [0.25, 0.3) is 0 Å². The lowest BCUT2D eigenvalue weighted by Gasteiger charge is -2.27. The third-order valence-electron chi connectivity index (χ3n) is 4.04. The third-order valence-corrected chi connectivity index (χ3v) is 5.21. The maximum absolute atomic E-state index is 14.4. The van der Waals surface area contributed by atoms with Gasteiger partial charge in [-0.05, 0) is 30.7 Å². The van der Waals surface area contributed by atoms with Crippen LogP contribution >= 0.6 is 11.8 Å². The molecule has 0 saturated carbocycles. The van der Waals surface area contributed by atoms with Crippen molar-refractivity contribution in [1.29, 1.82) is 0 Å². The number of amides is 2. The van der Waals surface area contributed by atoms with Crippen LogP contribution in [-0.2, 0) is 4.74 Å². The van der Waals surface area contributed by atoms with Gasteiger partial charge in [0, 0.05) is 28.0 Å². The van der Waals surface area contributed by atoms with E-state index in [1.807, 2.05) is 0 Å². The van der Waals surface area contributed by atoms with E-state index in [2.05, 4.69) is 15.4 Å². The lowest BCUT2D eigenvalue weighted by Crippen LogP contribution is -2.32. The lowest BCUT2D eigenvalue weighted by atomic mass is 9.99. The summed E-state index contributed by atoms with van der Waals surface area (Å²) in [5.74, 6) is -2.71. The molecule has 9 heteroatoms. The van der Waals surface area contributed by atoms with Gasteiger partial charge in [-0.3, -0.25) is 4.79 Å². The van der Waals surface area contributed by atoms with Crippen molar-refractivity contribution in [2.75, 3.05) is 18.2 Å². The molecular formula is C18H15F3N2O3S. The van der Waals surface area contributed by atoms with E-state index in [0.717, 1.165) is 18.2 Å². The first kappa shape index (κ1) is 19.1.